The van der Waals surface area contributed by atoms with Crippen LogP contribution >= 0.6 is 0 Å². The first-order valence-electron chi connectivity index (χ1n) is 7.69. The number of pyridine rings is 1. The summed E-state index contributed by atoms with van der Waals surface area (Å²) >= 11 is 0. The van der Waals surface area contributed by atoms with Crippen LogP contribution in [0.1, 0.15) is 36.9 Å². The van der Waals surface area contributed by atoms with Crippen molar-refractivity contribution in [3.8, 4) is 0 Å². The fourth-order valence-electron chi connectivity index (χ4n) is 3.08. The highest BCUT2D eigenvalue weighted by atomic mass is 15.3. The fourth-order valence-corrected chi connectivity index (χ4v) is 3.08. The molecule has 3 rings (SSSR count). The summed E-state index contributed by atoms with van der Waals surface area (Å²) in [6.45, 7) is 5.17. The number of rotatable bonds is 5. The molecule has 5 heteroatoms. The predicted octanol–water partition coefficient (Wildman–Crippen LogP) is 2.68. The van der Waals surface area contributed by atoms with Crippen molar-refractivity contribution in [1.82, 2.24) is 19.7 Å². The SMILES string of the molecule is CCn1cc(CN2CCCC2c2ccnc(NC)c2)cn1. The maximum absolute atomic E-state index is 4.37. The molecule has 1 saturated heterocycles. The Hall–Kier alpha value is -1.88. The Kier molecular flexibility index (Phi) is 4.20. The third kappa shape index (κ3) is 3.08. The molecular formula is C16H23N5. The molecule has 0 aliphatic carbocycles. The first-order valence-corrected chi connectivity index (χ1v) is 7.69. The van der Waals surface area contributed by atoms with E-state index in [9.17, 15) is 0 Å². The van der Waals surface area contributed by atoms with Crippen LogP contribution in [0, 0.1) is 0 Å². The number of anilines is 1. The van der Waals surface area contributed by atoms with Crippen LogP contribution in [-0.2, 0) is 13.1 Å². The molecule has 3 heterocycles. The highest BCUT2D eigenvalue weighted by Gasteiger charge is 2.26. The molecule has 21 heavy (non-hydrogen) atoms. The second-order valence-corrected chi connectivity index (χ2v) is 5.56. The van der Waals surface area contributed by atoms with Gasteiger partial charge in [0.2, 0.25) is 0 Å². The molecular weight excluding hydrogens is 262 g/mol. The van der Waals surface area contributed by atoms with Crippen molar-refractivity contribution in [2.45, 2.75) is 38.9 Å². The molecule has 1 aliphatic heterocycles. The number of nitrogens with zero attached hydrogens (tertiary/aromatic N) is 4. The predicted molar refractivity (Wildman–Crippen MR) is 84.1 cm³/mol. The minimum Gasteiger partial charge on any atom is -0.373 e. The largest absolute Gasteiger partial charge is 0.373 e. The first kappa shape index (κ1) is 14.1. The van der Waals surface area contributed by atoms with Gasteiger partial charge in [0, 0.05) is 44.1 Å². The maximum atomic E-state index is 4.37. The molecule has 5 nitrogen and oxygen atoms in total. The highest BCUT2D eigenvalue weighted by Crippen LogP contribution is 2.33. The van der Waals surface area contributed by atoms with Crippen molar-refractivity contribution in [3.63, 3.8) is 0 Å². The quantitative estimate of drug-likeness (QED) is 0.917. The number of hydrogen-bond donors (Lipinski definition) is 1. The molecule has 2 aromatic rings. The molecule has 1 fully saturated rings. The van der Waals surface area contributed by atoms with Crippen LogP contribution in [0.5, 0.6) is 0 Å². The lowest BCUT2D eigenvalue weighted by atomic mass is 10.1. The zero-order valence-corrected chi connectivity index (χ0v) is 12.8. The average Bonchev–Trinajstić information content (AvgIpc) is 3.17. The van der Waals surface area contributed by atoms with E-state index >= 15 is 0 Å². The van der Waals surface area contributed by atoms with E-state index in [0.717, 1.165) is 25.5 Å². The zero-order valence-electron chi connectivity index (χ0n) is 12.8. The Morgan fingerprint density at radius 3 is 3.10 bits per heavy atom. The maximum Gasteiger partial charge on any atom is 0.125 e. The van der Waals surface area contributed by atoms with E-state index in [-0.39, 0.29) is 0 Å². The summed E-state index contributed by atoms with van der Waals surface area (Å²) < 4.78 is 1.99. The van der Waals surface area contributed by atoms with Crippen LogP contribution in [0.4, 0.5) is 5.82 Å². The molecule has 0 aromatic carbocycles. The summed E-state index contributed by atoms with van der Waals surface area (Å²) in [5, 5.41) is 7.50. The Balaban J connectivity index is 1.75. The Morgan fingerprint density at radius 2 is 2.33 bits per heavy atom. The van der Waals surface area contributed by atoms with Crippen LogP contribution in [-0.4, -0.2) is 33.3 Å². The van der Waals surface area contributed by atoms with Gasteiger partial charge in [-0.15, -0.1) is 0 Å². The van der Waals surface area contributed by atoms with Crippen LogP contribution in [0.15, 0.2) is 30.7 Å². The molecule has 0 bridgehead atoms. The third-order valence-corrected chi connectivity index (χ3v) is 4.18. The van der Waals surface area contributed by atoms with Crippen LogP contribution < -0.4 is 5.32 Å². The average molecular weight is 285 g/mol. The van der Waals surface area contributed by atoms with Gasteiger partial charge in [-0.25, -0.2) is 4.98 Å². The van der Waals surface area contributed by atoms with Crippen molar-refractivity contribution >= 4 is 5.82 Å². The van der Waals surface area contributed by atoms with Crippen molar-refractivity contribution in [2.24, 2.45) is 0 Å². The third-order valence-electron chi connectivity index (χ3n) is 4.18. The van der Waals surface area contributed by atoms with E-state index in [2.05, 4.69) is 45.6 Å². The van der Waals surface area contributed by atoms with E-state index in [0.29, 0.717) is 6.04 Å². The van der Waals surface area contributed by atoms with Gasteiger partial charge >= 0.3 is 0 Å². The molecule has 0 radical (unpaired) electrons. The zero-order chi connectivity index (χ0) is 14.7. The second-order valence-electron chi connectivity index (χ2n) is 5.56. The van der Waals surface area contributed by atoms with Crippen molar-refractivity contribution in [3.05, 3.63) is 41.9 Å². The standard InChI is InChI=1S/C16H23N5/c1-3-21-12-13(10-19-21)11-20-8-4-5-15(20)14-6-7-18-16(9-14)17-2/h6-7,9-10,12,15H,3-5,8,11H2,1-2H3,(H,17,18). The van der Waals surface area contributed by atoms with E-state index in [1.807, 2.05) is 24.1 Å². The highest BCUT2D eigenvalue weighted by molar-refractivity contribution is 5.38. The van der Waals surface area contributed by atoms with Gasteiger partial charge in [0.1, 0.15) is 5.82 Å². The fraction of sp³-hybridized carbons (Fsp3) is 0.500. The first-order chi connectivity index (χ1) is 10.3. The van der Waals surface area contributed by atoms with Gasteiger partial charge in [-0.05, 0) is 44.0 Å². The summed E-state index contributed by atoms with van der Waals surface area (Å²) in [5.41, 5.74) is 2.65. The molecule has 0 spiro atoms. The number of likely N-dealkylation sites (tertiary alicyclic amines) is 1. The van der Waals surface area contributed by atoms with Crippen molar-refractivity contribution in [2.75, 3.05) is 18.9 Å². The van der Waals surface area contributed by atoms with Gasteiger partial charge in [0.15, 0.2) is 0 Å². The minimum atomic E-state index is 0.491. The lowest BCUT2D eigenvalue weighted by molar-refractivity contribution is 0.248. The normalized spacial score (nSPS) is 19.0. The number of hydrogen-bond acceptors (Lipinski definition) is 4. The Labute approximate surface area is 126 Å². The summed E-state index contributed by atoms with van der Waals surface area (Å²) in [7, 11) is 1.91. The second kappa shape index (κ2) is 6.26. The van der Waals surface area contributed by atoms with E-state index in [4.69, 9.17) is 0 Å². The lowest BCUT2D eigenvalue weighted by Gasteiger charge is -2.24. The van der Waals surface area contributed by atoms with Gasteiger partial charge in [0.05, 0.1) is 6.20 Å². The molecule has 1 unspecified atom stereocenters. The van der Waals surface area contributed by atoms with Crippen molar-refractivity contribution in [1.29, 1.82) is 0 Å². The van der Waals surface area contributed by atoms with Crippen LogP contribution in [0.3, 0.4) is 0 Å². The van der Waals surface area contributed by atoms with E-state index in [1.54, 1.807) is 0 Å². The molecule has 1 atom stereocenters. The lowest BCUT2D eigenvalue weighted by Crippen LogP contribution is -2.22. The number of aromatic nitrogens is 3. The number of nitrogens with one attached hydrogen (secondary N) is 1. The van der Waals surface area contributed by atoms with Crippen LogP contribution in [0.2, 0.25) is 0 Å². The molecule has 0 saturated carbocycles. The van der Waals surface area contributed by atoms with Gasteiger partial charge in [0.25, 0.3) is 0 Å². The van der Waals surface area contributed by atoms with Crippen molar-refractivity contribution < 1.29 is 0 Å². The monoisotopic (exact) mass is 285 g/mol. The summed E-state index contributed by atoms with van der Waals surface area (Å²) in [5.74, 6) is 0.943. The molecule has 1 N–H and O–H groups in total. The topological polar surface area (TPSA) is 46.0 Å². The summed E-state index contributed by atoms with van der Waals surface area (Å²) in [4.78, 5) is 6.86. The van der Waals surface area contributed by atoms with Gasteiger partial charge in [-0.1, -0.05) is 0 Å². The van der Waals surface area contributed by atoms with E-state index in [1.165, 1.54) is 24.0 Å². The van der Waals surface area contributed by atoms with Gasteiger partial charge < -0.3 is 5.32 Å². The number of aryl methyl sites for hydroxylation is 1. The van der Waals surface area contributed by atoms with Gasteiger partial charge in [-0.3, -0.25) is 9.58 Å². The minimum absolute atomic E-state index is 0.491. The molecule has 1 aliphatic rings. The molecule has 112 valence electrons. The smallest absolute Gasteiger partial charge is 0.125 e. The van der Waals surface area contributed by atoms with Gasteiger partial charge in [-0.2, -0.15) is 5.10 Å². The Bertz CT molecular complexity index is 592. The molecule has 2 aromatic heterocycles. The molecule has 0 amide bonds. The van der Waals surface area contributed by atoms with E-state index < -0.39 is 0 Å². The Morgan fingerprint density at radius 1 is 1.43 bits per heavy atom. The summed E-state index contributed by atoms with van der Waals surface area (Å²) in [6.07, 6.45) is 8.51. The summed E-state index contributed by atoms with van der Waals surface area (Å²) in [6, 6.07) is 4.79. The van der Waals surface area contributed by atoms with Crippen LogP contribution in [0.25, 0.3) is 0 Å².